The lowest BCUT2D eigenvalue weighted by Crippen LogP contribution is -2.24. The zero-order valence-electron chi connectivity index (χ0n) is 14.7. The van der Waals surface area contributed by atoms with Gasteiger partial charge >= 0.3 is 0 Å². The number of methoxy groups -OCH3 is 1. The van der Waals surface area contributed by atoms with Crippen molar-refractivity contribution in [2.24, 2.45) is 0 Å². The first-order valence-electron chi connectivity index (χ1n) is 8.25. The van der Waals surface area contributed by atoms with E-state index in [0.717, 1.165) is 16.9 Å². The number of hydrogen-bond acceptors (Lipinski definition) is 5. The molecule has 0 bridgehead atoms. The van der Waals surface area contributed by atoms with Crippen molar-refractivity contribution in [2.75, 3.05) is 12.9 Å². The molecule has 0 aliphatic carbocycles. The minimum atomic E-state index is -0.295. The molecule has 0 aliphatic rings. The molecule has 0 spiro atoms. The molecule has 0 saturated heterocycles. The molecular weight excluding hydrogens is 365 g/mol. The zero-order chi connectivity index (χ0) is 19.1. The first-order chi connectivity index (χ1) is 13.1. The molecule has 2 aromatic carbocycles. The Hall–Kier alpha value is -2.93. The minimum Gasteiger partial charge on any atom is -0.497 e. The van der Waals surface area contributed by atoms with Gasteiger partial charge in [-0.2, -0.15) is 0 Å². The third-order valence-corrected chi connectivity index (χ3v) is 4.62. The van der Waals surface area contributed by atoms with E-state index in [1.807, 2.05) is 24.3 Å². The summed E-state index contributed by atoms with van der Waals surface area (Å²) in [6, 6.07) is 15.4. The highest BCUT2D eigenvalue weighted by Gasteiger charge is 2.07. The molecule has 3 rings (SSSR count). The van der Waals surface area contributed by atoms with Gasteiger partial charge in [0.25, 0.3) is 0 Å². The maximum absolute atomic E-state index is 13.0. The van der Waals surface area contributed by atoms with Crippen LogP contribution < -0.4 is 10.1 Å². The third-order valence-electron chi connectivity index (χ3n) is 3.75. The molecule has 1 heterocycles. The van der Waals surface area contributed by atoms with Gasteiger partial charge in [-0.1, -0.05) is 23.9 Å². The van der Waals surface area contributed by atoms with E-state index in [4.69, 9.17) is 4.74 Å². The molecule has 1 N–H and O–H groups in total. The largest absolute Gasteiger partial charge is 0.497 e. The van der Waals surface area contributed by atoms with E-state index in [0.29, 0.717) is 17.4 Å². The van der Waals surface area contributed by atoms with Crippen molar-refractivity contribution in [2.45, 2.75) is 11.7 Å². The van der Waals surface area contributed by atoms with Crippen molar-refractivity contribution < 1.29 is 13.9 Å². The summed E-state index contributed by atoms with van der Waals surface area (Å²) in [5.74, 6) is 0.588. The van der Waals surface area contributed by atoms with Gasteiger partial charge in [0, 0.05) is 18.3 Å². The number of rotatable bonds is 7. The van der Waals surface area contributed by atoms with E-state index in [9.17, 15) is 9.18 Å². The molecule has 3 aromatic rings. The average molecular weight is 383 g/mol. The van der Waals surface area contributed by atoms with Gasteiger partial charge in [0.05, 0.1) is 18.6 Å². The highest BCUT2D eigenvalue weighted by Crippen LogP contribution is 2.20. The van der Waals surface area contributed by atoms with Crippen molar-refractivity contribution in [1.29, 1.82) is 0 Å². The Bertz CT molecular complexity index is 902. The maximum atomic E-state index is 13.0. The normalized spacial score (nSPS) is 10.4. The smallest absolute Gasteiger partial charge is 0.230 e. The fourth-order valence-corrected chi connectivity index (χ4v) is 2.98. The molecule has 0 aliphatic heterocycles. The van der Waals surface area contributed by atoms with Crippen LogP contribution in [0.15, 0.2) is 66.0 Å². The van der Waals surface area contributed by atoms with Crippen LogP contribution in [0.4, 0.5) is 4.39 Å². The quantitative estimate of drug-likeness (QED) is 0.498. The fraction of sp³-hybridized carbons (Fsp3) is 0.150. The van der Waals surface area contributed by atoms with E-state index >= 15 is 0 Å². The molecule has 0 fully saturated rings. The van der Waals surface area contributed by atoms with Gasteiger partial charge in [-0.15, -0.1) is 0 Å². The first-order valence-corrected chi connectivity index (χ1v) is 9.24. The Morgan fingerprint density at radius 3 is 2.56 bits per heavy atom. The van der Waals surface area contributed by atoms with Gasteiger partial charge in [-0.3, -0.25) is 4.79 Å². The van der Waals surface area contributed by atoms with E-state index in [1.54, 1.807) is 31.5 Å². The summed E-state index contributed by atoms with van der Waals surface area (Å²) in [6.07, 6.45) is 1.63. The summed E-state index contributed by atoms with van der Waals surface area (Å²) in [7, 11) is 1.61. The van der Waals surface area contributed by atoms with E-state index in [2.05, 4.69) is 15.3 Å². The molecule has 138 valence electrons. The number of amides is 1. The van der Waals surface area contributed by atoms with Gasteiger partial charge in [0.2, 0.25) is 5.91 Å². The average Bonchev–Trinajstić information content (AvgIpc) is 2.72. The lowest BCUT2D eigenvalue weighted by molar-refractivity contribution is -0.118. The van der Waals surface area contributed by atoms with Gasteiger partial charge in [0.15, 0.2) is 5.16 Å². The van der Waals surface area contributed by atoms with Gasteiger partial charge in [-0.25, -0.2) is 14.4 Å². The van der Waals surface area contributed by atoms with Gasteiger partial charge < -0.3 is 10.1 Å². The van der Waals surface area contributed by atoms with E-state index in [1.165, 1.54) is 23.9 Å². The van der Waals surface area contributed by atoms with Crippen molar-refractivity contribution in [3.63, 3.8) is 0 Å². The molecule has 7 heteroatoms. The van der Waals surface area contributed by atoms with Crippen LogP contribution in [0.5, 0.6) is 5.75 Å². The summed E-state index contributed by atoms with van der Waals surface area (Å²) in [6.45, 7) is 0.444. The summed E-state index contributed by atoms with van der Waals surface area (Å²) in [5.41, 5.74) is 2.47. The number of nitrogens with zero attached hydrogens (tertiary/aromatic N) is 2. The van der Waals surface area contributed by atoms with Crippen LogP contribution in [0.1, 0.15) is 5.56 Å². The Kier molecular flexibility index (Phi) is 6.38. The number of benzene rings is 2. The molecule has 0 unspecified atom stereocenters. The number of ether oxygens (including phenoxy) is 1. The number of aromatic nitrogens is 2. The number of carbonyl (C=O) groups excluding carboxylic acids is 1. The fourth-order valence-electron chi connectivity index (χ4n) is 2.32. The molecule has 5 nitrogen and oxygen atoms in total. The Balaban J connectivity index is 1.52. The van der Waals surface area contributed by atoms with Crippen LogP contribution in [-0.2, 0) is 11.3 Å². The van der Waals surface area contributed by atoms with Crippen LogP contribution in [0.2, 0.25) is 0 Å². The summed E-state index contributed by atoms with van der Waals surface area (Å²) in [4.78, 5) is 20.6. The van der Waals surface area contributed by atoms with Crippen molar-refractivity contribution in [3.05, 3.63) is 72.2 Å². The molecular formula is C20H18FN3O2S. The Morgan fingerprint density at radius 2 is 1.85 bits per heavy atom. The number of hydrogen-bond donors (Lipinski definition) is 1. The van der Waals surface area contributed by atoms with Crippen LogP contribution in [-0.4, -0.2) is 28.7 Å². The molecule has 0 saturated carbocycles. The van der Waals surface area contributed by atoms with Gasteiger partial charge in [-0.05, 0) is 48.0 Å². The molecule has 1 aromatic heterocycles. The number of nitrogens with one attached hydrogen (secondary N) is 1. The lowest BCUT2D eigenvalue weighted by atomic mass is 10.1. The minimum absolute atomic E-state index is 0.105. The van der Waals surface area contributed by atoms with Crippen LogP contribution in [0, 0.1) is 5.82 Å². The summed E-state index contributed by atoms with van der Waals surface area (Å²) in [5, 5.41) is 3.36. The lowest BCUT2D eigenvalue weighted by Gasteiger charge is -2.07. The van der Waals surface area contributed by atoms with Crippen molar-refractivity contribution >= 4 is 17.7 Å². The van der Waals surface area contributed by atoms with Crippen LogP contribution in [0.3, 0.4) is 0 Å². The second-order valence-corrected chi connectivity index (χ2v) is 6.59. The number of thioether (sulfide) groups is 1. The maximum Gasteiger partial charge on any atom is 0.230 e. The second kappa shape index (κ2) is 9.14. The number of carbonyl (C=O) groups is 1. The SMILES string of the molecule is COc1ccc(CNC(=O)CSc2nccc(-c3ccc(F)cc3)n2)cc1. The monoisotopic (exact) mass is 383 g/mol. The highest BCUT2D eigenvalue weighted by atomic mass is 32.2. The molecule has 0 radical (unpaired) electrons. The topological polar surface area (TPSA) is 64.1 Å². The molecule has 27 heavy (non-hydrogen) atoms. The predicted octanol–water partition coefficient (Wildman–Crippen LogP) is 3.70. The third kappa shape index (κ3) is 5.52. The standard InChI is InChI=1S/C20H18FN3O2S/c1-26-17-8-2-14(3-9-17)12-23-19(25)13-27-20-22-11-10-18(24-20)15-4-6-16(21)7-5-15/h2-11H,12-13H2,1H3,(H,23,25). The predicted molar refractivity (Wildman–Crippen MR) is 103 cm³/mol. The van der Waals surface area contributed by atoms with Crippen molar-refractivity contribution in [1.82, 2.24) is 15.3 Å². The highest BCUT2D eigenvalue weighted by molar-refractivity contribution is 7.99. The van der Waals surface area contributed by atoms with E-state index < -0.39 is 0 Å². The molecule has 0 atom stereocenters. The summed E-state index contributed by atoms with van der Waals surface area (Å²) < 4.78 is 18.1. The number of halogens is 1. The molecule has 1 amide bonds. The Morgan fingerprint density at radius 1 is 1.11 bits per heavy atom. The van der Waals surface area contributed by atoms with Crippen LogP contribution >= 0.6 is 11.8 Å². The van der Waals surface area contributed by atoms with Gasteiger partial charge in [0.1, 0.15) is 11.6 Å². The second-order valence-electron chi connectivity index (χ2n) is 5.64. The first kappa shape index (κ1) is 18.8. The Labute approximate surface area is 161 Å². The van der Waals surface area contributed by atoms with E-state index in [-0.39, 0.29) is 17.5 Å². The zero-order valence-corrected chi connectivity index (χ0v) is 15.5. The van der Waals surface area contributed by atoms with Crippen LogP contribution in [0.25, 0.3) is 11.3 Å². The summed E-state index contributed by atoms with van der Waals surface area (Å²) >= 11 is 1.25. The van der Waals surface area contributed by atoms with Crippen molar-refractivity contribution in [3.8, 4) is 17.0 Å².